The van der Waals surface area contributed by atoms with E-state index in [9.17, 15) is 15.0 Å². The van der Waals surface area contributed by atoms with Crippen molar-refractivity contribution in [3.63, 3.8) is 0 Å². The van der Waals surface area contributed by atoms with E-state index >= 15 is 0 Å². The smallest absolute Gasteiger partial charge is 0.224 e. The molecular weight excluding hydrogens is 747 g/mol. The van der Waals surface area contributed by atoms with Gasteiger partial charge in [-0.3, -0.25) is 4.79 Å². The number of aromatic nitrogens is 4. The number of phenols is 1. The molecule has 1 saturated heterocycles. The third kappa shape index (κ3) is 12.7. The molecule has 4 aromatic carbocycles. The third-order valence-corrected chi connectivity index (χ3v) is 11.8. The summed E-state index contributed by atoms with van der Waals surface area (Å²) in [7, 11) is 0. The Balaban J connectivity index is 1.11. The first-order valence-corrected chi connectivity index (χ1v) is 22.2. The van der Waals surface area contributed by atoms with Gasteiger partial charge in [-0.25, -0.2) is 0 Å². The number of ether oxygens (including phenoxy) is 2. The topological polar surface area (TPSA) is 132 Å². The molecule has 4 atom stereocenters. The van der Waals surface area contributed by atoms with Crippen molar-refractivity contribution in [1.29, 1.82) is 0 Å². The number of carbonyl (C=O) groups is 1. The van der Waals surface area contributed by atoms with Gasteiger partial charge < -0.3 is 25.0 Å². The van der Waals surface area contributed by atoms with E-state index in [4.69, 9.17) is 9.47 Å². The number of tetrazole rings is 1. The summed E-state index contributed by atoms with van der Waals surface area (Å²) in [6.07, 6.45) is 15.5. The number of benzene rings is 4. The molecule has 11 heteroatoms. The minimum atomic E-state index is -0.737. The second kappa shape index (κ2) is 23.1. The van der Waals surface area contributed by atoms with Crippen LogP contribution < -0.4 is 5.32 Å². The van der Waals surface area contributed by atoms with Crippen LogP contribution in [0, 0.1) is 0 Å². The molecule has 1 aromatic heterocycles. The molecule has 0 spiro atoms. The lowest BCUT2D eigenvalue weighted by Crippen LogP contribution is -2.38. The molecule has 3 N–H and O–H groups in total. The molecule has 1 amide bonds. The van der Waals surface area contributed by atoms with E-state index in [0.29, 0.717) is 23.0 Å². The zero-order valence-corrected chi connectivity index (χ0v) is 34.6. The molecule has 0 radical (unpaired) electrons. The van der Waals surface area contributed by atoms with E-state index in [0.717, 1.165) is 40.8 Å². The zero-order chi connectivity index (χ0) is 40.4. The second-order valence-corrected chi connectivity index (χ2v) is 16.3. The first-order chi connectivity index (χ1) is 28.5. The number of aromatic hydroxyl groups is 1. The number of phenolic OH excluding ortho intramolecular Hbond substituents is 1. The summed E-state index contributed by atoms with van der Waals surface area (Å²) in [5.74, 6) is 0.469. The number of thioether (sulfide) groups is 1. The molecule has 308 valence electrons. The largest absolute Gasteiger partial charge is 0.508 e. The Bertz CT molecular complexity index is 1940. The van der Waals surface area contributed by atoms with Gasteiger partial charge in [-0.1, -0.05) is 162 Å². The fourth-order valence-electron chi connectivity index (χ4n) is 7.62. The molecule has 0 bridgehead atoms. The van der Waals surface area contributed by atoms with Gasteiger partial charge in [0.15, 0.2) is 6.29 Å². The van der Waals surface area contributed by atoms with Crippen molar-refractivity contribution in [1.82, 2.24) is 20.2 Å². The SMILES string of the molecule is CCCCCCCCCCCCCCCC(=O)Nc1cccc(C2OC(CSc3nnnn3-c3ccc(O)cc3)C(c3ccccc3)C(c3ccc(CO)cc3)O2)c1. The highest BCUT2D eigenvalue weighted by Gasteiger charge is 2.42. The van der Waals surface area contributed by atoms with Gasteiger partial charge in [0.2, 0.25) is 11.1 Å². The molecule has 58 heavy (non-hydrogen) atoms. The Morgan fingerprint density at radius 1 is 0.741 bits per heavy atom. The lowest BCUT2D eigenvalue weighted by atomic mass is 9.84. The van der Waals surface area contributed by atoms with Crippen molar-refractivity contribution < 1.29 is 24.5 Å². The van der Waals surface area contributed by atoms with Crippen molar-refractivity contribution >= 4 is 23.4 Å². The first kappa shape index (κ1) is 43.0. The lowest BCUT2D eigenvalue weighted by molar-refractivity contribution is -0.255. The van der Waals surface area contributed by atoms with Crippen LogP contribution in [0.3, 0.4) is 0 Å². The molecular formula is C47H59N5O5S. The van der Waals surface area contributed by atoms with Gasteiger partial charge in [-0.2, -0.15) is 4.68 Å². The van der Waals surface area contributed by atoms with Crippen molar-refractivity contribution in [2.45, 2.75) is 133 Å². The van der Waals surface area contributed by atoms with Crippen LogP contribution in [0.15, 0.2) is 108 Å². The van der Waals surface area contributed by atoms with Crippen LogP contribution in [0.5, 0.6) is 5.75 Å². The number of hydrogen-bond acceptors (Lipinski definition) is 9. The maximum Gasteiger partial charge on any atom is 0.224 e. The number of nitrogens with zero attached hydrogens (tertiary/aromatic N) is 4. The van der Waals surface area contributed by atoms with Crippen LogP contribution in [0.1, 0.15) is 137 Å². The van der Waals surface area contributed by atoms with Crippen LogP contribution in [0.4, 0.5) is 5.69 Å². The number of rotatable bonds is 23. The zero-order valence-electron chi connectivity index (χ0n) is 33.8. The predicted molar refractivity (Wildman–Crippen MR) is 230 cm³/mol. The second-order valence-electron chi connectivity index (χ2n) is 15.3. The van der Waals surface area contributed by atoms with Gasteiger partial charge in [0.25, 0.3) is 0 Å². The molecule has 1 fully saturated rings. The minimum absolute atomic E-state index is 0.0114. The summed E-state index contributed by atoms with van der Waals surface area (Å²) in [4.78, 5) is 13.1. The van der Waals surface area contributed by atoms with Crippen molar-refractivity contribution in [3.05, 3.63) is 125 Å². The Labute approximate surface area is 347 Å². The van der Waals surface area contributed by atoms with Gasteiger partial charge in [0, 0.05) is 29.3 Å². The quantitative estimate of drug-likeness (QED) is 0.0436. The van der Waals surface area contributed by atoms with Crippen LogP contribution in [-0.4, -0.2) is 48.2 Å². The first-order valence-electron chi connectivity index (χ1n) is 21.2. The molecule has 4 unspecified atom stereocenters. The van der Waals surface area contributed by atoms with Gasteiger partial charge in [-0.05, 0) is 69.9 Å². The molecule has 2 heterocycles. The number of aliphatic hydroxyl groups is 1. The number of anilines is 1. The molecule has 5 aromatic rings. The summed E-state index contributed by atoms with van der Waals surface area (Å²) >= 11 is 1.48. The van der Waals surface area contributed by atoms with E-state index in [-0.39, 0.29) is 30.3 Å². The number of aliphatic hydroxyl groups excluding tert-OH is 1. The summed E-state index contributed by atoms with van der Waals surface area (Å²) in [5, 5.41) is 35.8. The van der Waals surface area contributed by atoms with E-state index in [1.807, 2.05) is 66.7 Å². The van der Waals surface area contributed by atoms with Crippen LogP contribution in [0.2, 0.25) is 0 Å². The molecule has 0 aliphatic carbocycles. The van der Waals surface area contributed by atoms with Crippen molar-refractivity contribution in [2.24, 2.45) is 0 Å². The maximum atomic E-state index is 13.1. The fourth-order valence-corrected chi connectivity index (χ4v) is 8.58. The Hall–Kier alpha value is -4.55. The highest BCUT2D eigenvalue weighted by atomic mass is 32.2. The number of amides is 1. The molecule has 0 saturated carbocycles. The average molecular weight is 806 g/mol. The Morgan fingerprint density at radius 3 is 2.07 bits per heavy atom. The number of nitrogens with one attached hydrogen (secondary N) is 1. The summed E-state index contributed by atoms with van der Waals surface area (Å²) in [6.45, 7) is 2.22. The van der Waals surface area contributed by atoms with E-state index in [2.05, 4.69) is 39.9 Å². The van der Waals surface area contributed by atoms with E-state index in [1.165, 1.54) is 82.4 Å². The standard InChI is InChI=1S/C47H59N5O5S/c1-2-3-4-5-6-7-8-9-10-11-12-13-17-23-43(55)48-39-22-18-21-38(32-39)46-56-42(34-58-47-49-50-51-52(47)40-28-30-41(54)31-29-40)44(36-19-15-14-16-20-36)45(57-46)37-26-24-35(33-53)25-27-37/h14-16,18-22,24-32,42,44-46,53-54H,2-13,17,23,33-34H2,1H3,(H,48,55). The van der Waals surface area contributed by atoms with Gasteiger partial charge in [0.05, 0.1) is 24.5 Å². The normalized spacial score (nSPS) is 18.0. The molecule has 10 nitrogen and oxygen atoms in total. The number of carbonyl (C=O) groups excluding carboxylic acids is 1. The predicted octanol–water partition coefficient (Wildman–Crippen LogP) is 11.0. The van der Waals surface area contributed by atoms with Crippen molar-refractivity contribution in [3.8, 4) is 11.4 Å². The van der Waals surface area contributed by atoms with Gasteiger partial charge in [0.1, 0.15) is 5.75 Å². The van der Waals surface area contributed by atoms with Crippen LogP contribution in [0.25, 0.3) is 5.69 Å². The maximum absolute atomic E-state index is 13.1. The molecule has 1 aliphatic rings. The van der Waals surface area contributed by atoms with E-state index in [1.54, 1.807) is 28.9 Å². The van der Waals surface area contributed by atoms with E-state index < -0.39 is 12.4 Å². The number of hydrogen-bond donors (Lipinski definition) is 3. The van der Waals surface area contributed by atoms with Crippen LogP contribution in [-0.2, 0) is 20.9 Å². The highest BCUT2D eigenvalue weighted by Crippen LogP contribution is 2.48. The van der Waals surface area contributed by atoms with Gasteiger partial charge >= 0.3 is 0 Å². The fraction of sp³-hybridized carbons (Fsp3) is 0.447. The monoisotopic (exact) mass is 805 g/mol. The summed E-state index contributed by atoms with van der Waals surface area (Å²) in [6, 6.07) is 32.6. The third-order valence-electron chi connectivity index (χ3n) is 10.8. The highest BCUT2D eigenvalue weighted by molar-refractivity contribution is 7.99. The molecule has 1 aliphatic heterocycles. The number of unbranched alkanes of at least 4 members (excludes halogenated alkanes) is 12. The Morgan fingerprint density at radius 2 is 1.40 bits per heavy atom. The van der Waals surface area contributed by atoms with Crippen LogP contribution >= 0.6 is 11.8 Å². The molecule has 6 rings (SSSR count). The lowest BCUT2D eigenvalue weighted by Gasteiger charge is -2.43. The average Bonchev–Trinajstić information content (AvgIpc) is 3.73. The summed E-state index contributed by atoms with van der Waals surface area (Å²) < 4.78 is 15.5. The van der Waals surface area contributed by atoms with Crippen molar-refractivity contribution in [2.75, 3.05) is 11.1 Å². The Kier molecular flexibility index (Phi) is 17.2. The summed E-state index contributed by atoms with van der Waals surface area (Å²) in [5.41, 5.74) is 5.08. The van der Waals surface area contributed by atoms with Gasteiger partial charge in [-0.15, -0.1) is 5.10 Å². The minimum Gasteiger partial charge on any atom is -0.508 e.